The summed E-state index contributed by atoms with van der Waals surface area (Å²) in [6.45, 7) is 8.29. The van der Waals surface area contributed by atoms with E-state index in [1.54, 1.807) is 0 Å². The maximum absolute atomic E-state index is 5.39. The van der Waals surface area contributed by atoms with Gasteiger partial charge in [-0.15, -0.1) is 0 Å². The van der Waals surface area contributed by atoms with Gasteiger partial charge in [0, 0.05) is 66.2 Å². The summed E-state index contributed by atoms with van der Waals surface area (Å²) in [4.78, 5) is 30.9. The number of fused-ring (bicyclic) bond motifs is 11. The maximum Gasteiger partial charge on any atom is 0.0978 e. The fraction of sp³-hybridized carbons (Fsp3) is 0.0333. The molecule has 23 rings (SSSR count). The summed E-state index contributed by atoms with van der Waals surface area (Å²) >= 11 is 0. The van der Waals surface area contributed by atoms with E-state index < -0.39 is 0 Å². The first-order chi connectivity index (χ1) is 62.1. The van der Waals surface area contributed by atoms with Gasteiger partial charge in [-0.25, -0.2) is 9.97 Å². The summed E-state index contributed by atoms with van der Waals surface area (Å²) in [6.07, 6.45) is 0. The molecule has 0 N–H and O–H groups in total. The second-order valence-electron chi connectivity index (χ2n) is 32.5. The topological polar surface area (TPSA) is 77.3 Å². The van der Waals surface area contributed by atoms with Crippen molar-refractivity contribution in [1.82, 2.24) is 29.9 Å². The lowest BCUT2D eigenvalue weighted by molar-refractivity contribution is 1.23. The third-order valence-corrected chi connectivity index (χ3v) is 24.3. The van der Waals surface area contributed by atoms with Gasteiger partial charge in [-0.05, 0) is 197 Å². The first kappa shape index (κ1) is 77.1. The normalized spacial score (nSPS) is 11.3. The smallest absolute Gasteiger partial charge is 0.0978 e. The molecule has 6 heteroatoms. The first-order valence-corrected chi connectivity index (χ1v) is 43.0. The fourth-order valence-electron chi connectivity index (χ4n) is 18.2. The zero-order valence-electron chi connectivity index (χ0n) is 70.3. The van der Waals surface area contributed by atoms with Crippen molar-refractivity contribution in [1.29, 1.82) is 0 Å². The maximum atomic E-state index is 5.39. The molecule has 0 radical (unpaired) electrons. The molecule has 0 atom stereocenters. The molecule has 17 aromatic carbocycles. The van der Waals surface area contributed by atoms with Gasteiger partial charge in [-0.3, -0.25) is 19.9 Å². The summed E-state index contributed by atoms with van der Waals surface area (Å²) in [6, 6.07) is 155. The highest BCUT2D eigenvalue weighted by Crippen LogP contribution is 2.45. The van der Waals surface area contributed by atoms with E-state index in [1.165, 1.54) is 111 Å². The predicted octanol–water partition coefficient (Wildman–Crippen LogP) is 31.9. The molecule has 6 aromatic heterocycles. The quantitative estimate of drug-likeness (QED) is 0.113. The Morgan fingerprint density at radius 3 is 0.603 bits per heavy atom. The van der Waals surface area contributed by atoms with Gasteiger partial charge in [0.15, 0.2) is 0 Å². The molecule has 0 spiro atoms. The SMILES string of the molecule is Cc1cc(-c2ccc(-c3ccccc3)cc2)c2ccc3c(-c4ccc(-c5ccccc5)cc4)cc(C)nc3c2n1.Cc1cc(-c2cccc3ccccc23)c2ccc3c(-c4cccc5ccccc45)cc(C)nc3c2n1.c1ccc(-c2ccc(-c3cc(-c4ccccc4)nc4c3ccc3c(-c5ccc(-c6ccccc6)cc5)cc(-c5ccccc5)nc34)cc2)cc1. The molecule has 594 valence electrons. The van der Waals surface area contributed by atoms with E-state index in [1.807, 2.05) is 12.1 Å². The second kappa shape index (κ2) is 33.6. The lowest BCUT2D eigenvalue weighted by Gasteiger charge is -2.16. The molecule has 6 heterocycles. The predicted molar refractivity (Wildman–Crippen MR) is 530 cm³/mol. The van der Waals surface area contributed by atoms with Crippen LogP contribution in [0.3, 0.4) is 0 Å². The van der Waals surface area contributed by atoms with Crippen LogP contribution in [0.1, 0.15) is 22.8 Å². The average molecular weight is 1610 g/mol. The minimum Gasteiger partial charge on any atom is -0.251 e. The molecule has 0 fully saturated rings. The summed E-state index contributed by atoms with van der Waals surface area (Å²) in [5, 5.41) is 11.6. The highest BCUT2D eigenvalue weighted by atomic mass is 14.8. The van der Waals surface area contributed by atoms with Crippen molar-refractivity contribution in [3.8, 4) is 134 Å². The number of hydrogen-bond donors (Lipinski definition) is 0. The average Bonchev–Trinajstić information content (AvgIpc) is 0.855. The van der Waals surface area contributed by atoms with Crippen LogP contribution in [0.4, 0.5) is 0 Å². The molecule has 0 unspecified atom stereocenters. The number of nitrogens with zero attached hydrogens (tertiary/aromatic N) is 6. The molecule has 0 amide bonds. The number of aromatic nitrogens is 6. The molecule has 0 saturated heterocycles. The standard InChI is InChI=1S/C48H32N2.C38H28N2.C34H24N2/c1-5-13-33(14-6-1)35-21-25-37(26-22-35)43-31-45(39-17-9-3-10-18-39)49-47-41(43)29-30-42-44(32-46(50-48(42)47)40-19-11-4-12-20-40)38-27-23-36(24-28-38)34-15-7-2-8-16-34;1-25-23-35(31-17-13-29(14-18-31)27-9-5-3-6-10-27)33-21-22-34-36(24-26(2)40-38(34)37(33)39-25)32-19-15-30(16-20-32)28-11-7-4-8-12-28;1-21-19-31(27-15-7-11-23-9-3-5-13-25(23)27)29-17-18-30-32(20-22(2)36-34(30)33(29)35-21)28-16-8-12-24-10-4-6-14-26(24)28/h1-32H;3-24H,1-2H3;3-20H,1-2H3. The number of hydrogen-bond acceptors (Lipinski definition) is 6. The first-order valence-electron chi connectivity index (χ1n) is 43.0. The number of aryl methyl sites for hydroxylation is 4. The van der Waals surface area contributed by atoms with E-state index in [9.17, 15) is 0 Å². The van der Waals surface area contributed by atoms with Crippen LogP contribution in [0.25, 0.3) is 221 Å². The minimum absolute atomic E-state index is 0.894. The summed E-state index contributed by atoms with van der Waals surface area (Å²) < 4.78 is 0. The van der Waals surface area contributed by atoms with E-state index in [4.69, 9.17) is 29.9 Å². The van der Waals surface area contributed by atoms with E-state index in [0.717, 1.165) is 133 Å². The molecular weight excluding hydrogens is 1530 g/mol. The lowest BCUT2D eigenvalue weighted by Crippen LogP contribution is -1.95. The summed E-state index contributed by atoms with van der Waals surface area (Å²) in [5.41, 5.74) is 37.4. The Bertz CT molecular complexity index is 7540. The summed E-state index contributed by atoms with van der Waals surface area (Å²) in [7, 11) is 0. The molecule has 23 aromatic rings. The van der Waals surface area contributed by atoms with Crippen LogP contribution in [0.15, 0.2) is 437 Å². The molecule has 0 saturated carbocycles. The lowest BCUT2D eigenvalue weighted by atomic mass is 9.92. The van der Waals surface area contributed by atoms with Gasteiger partial charge in [0.2, 0.25) is 0 Å². The third kappa shape index (κ3) is 15.1. The Morgan fingerprint density at radius 1 is 0.127 bits per heavy atom. The van der Waals surface area contributed by atoms with Crippen LogP contribution in [0.2, 0.25) is 0 Å². The van der Waals surface area contributed by atoms with Crippen LogP contribution < -0.4 is 0 Å². The highest BCUT2D eigenvalue weighted by Gasteiger charge is 2.22. The monoisotopic (exact) mass is 1610 g/mol. The molecule has 126 heavy (non-hydrogen) atoms. The van der Waals surface area contributed by atoms with E-state index in [-0.39, 0.29) is 0 Å². The van der Waals surface area contributed by atoms with Crippen LogP contribution in [-0.4, -0.2) is 29.9 Å². The fourth-order valence-corrected chi connectivity index (χ4v) is 18.2. The van der Waals surface area contributed by atoms with Gasteiger partial charge in [0.05, 0.1) is 44.5 Å². The van der Waals surface area contributed by atoms with Crippen molar-refractivity contribution in [3.05, 3.63) is 460 Å². The van der Waals surface area contributed by atoms with Crippen molar-refractivity contribution in [2.24, 2.45) is 0 Å². The van der Waals surface area contributed by atoms with Gasteiger partial charge in [0.25, 0.3) is 0 Å². The number of rotatable bonds is 12. The zero-order chi connectivity index (χ0) is 84.6. The minimum atomic E-state index is 0.894. The van der Waals surface area contributed by atoms with Crippen molar-refractivity contribution in [3.63, 3.8) is 0 Å². The van der Waals surface area contributed by atoms with Crippen molar-refractivity contribution in [2.45, 2.75) is 27.7 Å². The van der Waals surface area contributed by atoms with Gasteiger partial charge >= 0.3 is 0 Å². The number of pyridine rings is 6. The van der Waals surface area contributed by atoms with E-state index >= 15 is 0 Å². The van der Waals surface area contributed by atoms with Gasteiger partial charge in [0.1, 0.15) is 0 Å². The molecule has 6 nitrogen and oxygen atoms in total. The van der Waals surface area contributed by atoms with Crippen LogP contribution in [0.5, 0.6) is 0 Å². The third-order valence-electron chi connectivity index (χ3n) is 24.3. The van der Waals surface area contributed by atoms with Crippen LogP contribution in [-0.2, 0) is 0 Å². The number of benzene rings is 17. The Labute approximate surface area is 732 Å². The molecule has 0 aliphatic carbocycles. The van der Waals surface area contributed by atoms with Gasteiger partial charge in [-0.1, -0.05) is 400 Å². The van der Waals surface area contributed by atoms with Crippen molar-refractivity contribution >= 4 is 87.0 Å². The molecule has 0 bridgehead atoms. The zero-order valence-corrected chi connectivity index (χ0v) is 70.3. The van der Waals surface area contributed by atoms with Crippen molar-refractivity contribution < 1.29 is 0 Å². The van der Waals surface area contributed by atoms with E-state index in [2.05, 4.69) is 452 Å². The Kier molecular flexibility index (Phi) is 20.6. The van der Waals surface area contributed by atoms with Gasteiger partial charge < -0.3 is 0 Å². The van der Waals surface area contributed by atoms with Gasteiger partial charge in [-0.2, -0.15) is 0 Å². The highest BCUT2D eigenvalue weighted by molar-refractivity contribution is 6.18. The Hall–Kier alpha value is -16.3. The second-order valence-corrected chi connectivity index (χ2v) is 32.5. The Balaban J connectivity index is 0.000000117. The summed E-state index contributed by atoms with van der Waals surface area (Å²) in [5.74, 6) is 0. The van der Waals surface area contributed by atoms with E-state index in [0.29, 0.717) is 0 Å². The van der Waals surface area contributed by atoms with Crippen LogP contribution in [0, 0.1) is 27.7 Å². The molecule has 0 aliphatic rings. The molecular formula is C120H84N6. The van der Waals surface area contributed by atoms with Crippen LogP contribution >= 0.6 is 0 Å². The van der Waals surface area contributed by atoms with Crippen molar-refractivity contribution in [2.75, 3.05) is 0 Å². The Morgan fingerprint density at radius 2 is 0.325 bits per heavy atom. The molecule has 0 aliphatic heterocycles. The largest absolute Gasteiger partial charge is 0.251 e.